The van der Waals surface area contributed by atoms with Gasteiger partial charge in [0.05, 0.1) is 7.11 Å². The third-order valence-corrected chi connectivity index (χ3v) is 3.54. The van der Waals surface area contributed by atoms with Crippen LogP contribution in [0.25, 0.3) is 0 Å². The Bertz CT molecular complexity index is 588. The van der Waals surface area contributed by atoms with Crippen molar-refractivity contribution in [1.29, 1.82) is 0 Å². The summed E-state index contributed by atoms with van der Waals surface area (Å²) in [7, 11) is 3.30. The Hall–Kier alpha value is -1.66. The van der Waals surface area contributed by atoms with Gasteiger partial charge in [-0.15, -0.1) is 10.2 Å². The first-order valence-corrected chi connectivity index (χ1v) is 6.67. The lowest BCUT2D eigenvalue weighted by molar-refractivity contribution is 0.0783. The van der Waals surface area contributed by atoms with E-state index in [2.05, 4.69) is 10.2 Å². The molecule has 0 spiro atoms. The Balaban J connectivity index is 2.12. The number of para-hydroxylation sites is 1. The highest BCUT2D eigenvalue weighted by atomic mass is 35.5. The van der Waals surface area contributed by atoms with Gasteiger partial charge >= 0.3 is 0 Å². The molecule has 0 saturated heterocycles. The maximum atomic E-state index is 12.1. The number of halogens is 1. The average Bonchev–Trinajstić information content (AvgIpc) is 2.85. The van der Waals surface area contributed by atoms with E-state index in [4.69, 9.17) is 16.3 Å². The second-order valence-corrected chi connectivity index (χ2v) is 5.39. The number of carbonyl (C=O) groups excluding carboxylic acids is 1. The van der Waals surface area contributed by atoms with E-state index in [1.807, 2.05) is 24.3 Å². The maximum absolute atomic E-state index is 12.1. The summed E-state index contributed by atoms with van der Waals surface area (Å²) in [5, 5.41) is 7.64. The Labute approximate surface area is 119 Å². The lowest BCUT2D eigenvalue weighted by atomic mass is 10.2. The molecule has 0 bridgehead atoms. The van der Waals surface area contributed by atoms with Gasteiger partial charge in [0.25, 0.3) is 5.91 Å². The minimum Gasteiger partial charge on any atom is -0.496 e. The van der Waals surface area contributed by atoms with Crippen LogP contribution in [0, 0.1) is 0 Å². The van der Waals surface area contributed by atoms with E-state index < -0.39 is 0 Å². The number of hydrogen-bond donors (Lipinski definition) is 0. The third-order valence-electron chi connectivity index (χ3n) is 2.53. The maximum Gasteiger partial charge on any atom is 0.284 e. The number of benzene rings is 1. The minimum atomic E-state index is -0.213. The molecule has 19 heavy (non-hydrogen) atoms. The molecule has 0 aliphatic carbocycles. The fourth-order valence-electron chi connectivity index (χ4n) is 1.62. The number of carbonyl (C=O) groups is 1. The molecule has 0 aliphatic heterocycles. The van der Waals surface area contributed by atoms with Crippen LogP contribution in [0.1, 0.15) is 15.4 Å². The lowest BCUT2D eigenvalue weighted by Crippen LogP contribution is -2.26. The highest BCUT2D eigenvalue weighted by Crippen LogP contribution is 2.21. The molecule has 5 nitrogen and oxygen atoms in total. The molecule has 1 heterocycles. The molecular weight excluding hydrogens is 286 g/mol. The minimum absolute atomic E-state index is 0.213. The molecule has 1 aromatic heterocycles. The van der Waals surface area contributed by atoms with E-state index in [0.29, 0.717) is 6.54 Å². The molecular formula is C12H12ClN3O2S. The fourth-order valence-corrected chi connectivity index (χ4v) is 2.44. The molecule has 0 saturated carbocycles. The molecule has 0 N–H and O–H groups in total. The van der Waals surface area contributed by atoms with E-state index in [9.17, 15) is 4.79 Å². The summed E-state index contributed by atoms with van der Waals surface area (Å²) in [6, 6.07) is 7.55. The van der Waals surface area contributed by atoms with Gasteiger partial charge in [-0.1, -0.05) is 29.5 Å². The quantitative estimate of drug-likeness (QED) is 0.870. The second-order valence-electron chi connectivity index (χ2n) is 3.83. The van der Waals surface area contributed by atoms with Crippen LogP contribution in [0.4, 0.5) is 0 Å². The van der Waals surface area contributed by atoms with Crippen LogP contribution in [0.2, 0.25) is 4.47 Å². The van der Waals surface area contributed by atoms with E-state index >= 15 is 0 Å². The van der Waals surface area contributed by atoms with E-state index in [1.54, 1.807) is 19.1 Å². The topological polar surface area (TPSA) is 55.3 Å². The Kier molecular flexibility index (Phi) is 4.34. The summed E-state index contributed by atoms with van der Waals surface area (Å²) in [5.74, 6) is 0.535. The zero-order valence-corrected chi connectivity index (χ0v) is 12.0. The van der Waals surface area contributed by atoms with Gasteiger partial charge in [-0.25, -0.2) is 0 Å². The van der Waals surface area contributed by atoms with Crippen LogP contribution in [0.5, 0.6) is 5.75 Å². The van der Waals surface area contributed by atoms with Crippen LogP contribution < -0.4 is 4.74 Å². The van der Waals surface area contributed by atoms with Gasteiger partial charge in [-0.05, 0) is 17.7 Å². The molecule has 100 valence electrons. The van der Waals surface area contributed by atoms with Crippen molar-refractivity contribution in [3.8, 4) is 5.75 Å². The summed E-state index contributed by atoms with van der Waals surface area (Å²) in [6.45, 7) is 0.431. The highest BCUT2D eigenvalue weighted by Gasteiger charge is 2.18. The molecule has 2 aromatic rings. The Morgan fingerprint density at radius 1 is 1.42 bits per heavy atom. The van der Waals surface area contributed by atoms with Gasteiger partial charge in [0.2, 0.25) is 9.47 Å². The van der Waals surface area contributed by atoms with Crippen molar-refractivity contribution in [2.24, 2.45) is 0 Å². The number of aromatic nitrogens is 2. The Morgan fingerprint density at radius 2 is 2.16 bits per heavy atom. The highest BCUT2D eigenvalue weighted by molar-refractivity contribution is 7.17. The first-order valence-electron chi connectivity index (χ1n) is 5.48. The smallest absolute Gasteiger partial charge is 0.284 e. The second kappa shape index (κ2) is 5.99. The van der Waals surface area contributed by atoms with E-state index in [-0.39, 0.29) is 15.4 Å². The summed E-state index contributed by atoms with van der Waals surface area (Å²) in [4.78, 5) is 13.6. The number of methoxy groups -OCH3 is 1. The molecule has 0 atom stereocenters. The molecule has 1 amide bonds. The number of ether oxygens (including phenoxy) is 1. The van der Waals surface area contributed by atoms with E-state index in [0.717, 1.165) is 22.6 Å². The van der Waals surface area contributed by atoms with Crippen LogP contribution in [-0.4, -0.2) is 35.2 Å². The fraction of sp³-hybridized carbons (Fsp3) is 0.250. The molecule has 0 unspecified atom stereocenters. The van der Waals surface area contributed by atoms with Crippen molar-refractivity contribution in [3.05, 3.63) is 39.3 Å². The predicted molar refractivity (Wildman–Crippen MR) is 73.7 cm³/mol. The summed E-state index contributed by atoms with van der Waals surface area (Å²) in [5.41, 5.74) is 0.927. The molecule has 0 radical (unpaired) electrons. The average molecular weight is 298 g/mol. The third kappa shape index (κ3) is 3.21. The van der Waals surface area contributed by atoms with Crippen molar-refractivity contribution < 1.29 is 9.53 Å². The first kappa shape index (κ1) is 13.8. The summed E-state index contributed by atoms with van der Waals surface area (Å²) in [6.07, 6.45) is 0. The van der Waals surface area contributed by atoms with Crippen molar-refractivity contribution in [1.82, 2.24) is 15.1 Å². The van der Waals surface area contributed by atoms with Gasteiger partial charge in [0, 0.05) is 19.2 Å². The van der Waals surface area contributed by atoms with Crippen LogP contribution in [-0.2, 0) is 6.54 Å². The van der Waals surface area contributed by atoms with Crippen molar-refractivity contribution in [2.75, 3.05) is 14.2 Å². The van der Waals surface area contributed by atoms with E-state index in [1.165, 1.54) is 0 Å². The monoisotopic (exact) mass is 297 g/mol. The summed E-state index contributed by atoms with van der Waals surface area (Å²) >= 11 is 6.74. The van der Waals surface area contributed by atoms with Gasteiger partial charge in [0.1, 0.15) is 5.75 Å². The molecule has 0 fully saturated rings. The zero-order chi connectivity index (χ0) is 13.8. The number of hydrogen-bond acceptors (Lipinski definition) is 5. The summed E-state index contributed by atoms with van der Waals surface area (Å²) < 4.78 is 5.51. The van der Waals surface area contributed by atoms with Crippen LogP contribution in [0.3, 0.4) is 0 Å². The number of rotatable bonds is 4. The van der Waals surface area contributed by atoms with Crippen LogP contribution >= 0.6 is 22.9 Å². The van der Waals surface area contributed by atoms with Crippen LogP contribution in [0.15, 0.2) is 24.3 Å². The van der Waals surface area contributed by atoms with Gasteiger partial charge in [-0.3, -0.25) is 4.79 Å². The van der Waals surface area contributed by atoms with Gasteiger partial charge in [-0.2, -0.15) is 0 Å². The van der Waals surface area contributed by atoms with Crippen molar-refractivity contribution >= 4 is 28.8 Å². The lowest BCUT2D eigenvalue weighted by Gasteiger charge is -2.17. The molecule has 0 aliphatic rings. The van der Waals surface area contributed by atoms with Gasteiger partial charge < -0.3 is 9.64 Å². The Morgan fingerprint density at radius 3 is 2.79 bits per heavy atom. The number of amides is 1. The molecule has 1 aromatic carbocycles. The molecule has 2 rings (SSSR count). The SMILES string of the molecule is COc1ccccc1CN(C)C(=O)c1nnc(Cl)s1. The molecule has 7 heteroatoms. The van der Waals surface area contributed by atoms with Crippen molar-refractivity contribution in [2.45, 2.75) is 6.54 Å². The standard InChI is InChI=1S/C12H12ClN3O2S/c1-16(11(17)10-14-15-12(13)19-10)7-8-5-3-4-6-9(8)18-2/h3-6H,7H2,1-2H3. The number of nitrogens with zero attached hydrogens (tertiary/aromatic N) is 3. The predicted octanol–water partition coefficient (Wildman–Crippen LogP) is 2.47. The van der Waals surface area contributed by atoms with Crippen molar-refractivity contribution in [3.63, 3.8) is 0 Å². The normalized spacial score (nSPS) is 10.3. The largest absolute Gasteiger partial charge is 0.496 e. The van der Waals surface area contributed by atoms with Gasteiger partial charge in [0.15, 0.2) is 0 Å². The zero-order valence-electron chi connectivity index (χ0n) is 10.5. The first-order chi connectivity index (χ1) is 9.11.